The van der Waals surface area contributed by atoms with Gasteiger partial charge in [-0.15, -0.1) is 11.3 Å². The first-order valence-electron chi connectivity index (χ1n) is 6.62. The lowest BCUT2D eigenvalue weighted by Gasteiger charge is -2.09. The van der Waals surface area contributed by atoms with E-state index in [4.69, 9.17) is 51.1 Å². The van der Waals surface area contributed by atoms with Crippen LogP contribution in [0.25, 0.3) is 10.1 Å². The summed E-state index contributed by atoms with van der Waals surface area (Å²) >= 11 is 25.7. The summed E-state index contributed by atoms with van der Waals surface area (Å²) in [5.41, 5.74) is 0.291. The number of amides is 1. The molecule has 1 amide bonds. The number of benzene rings is 2. The molecule has 0 aliphatic rings. The number of ether oxygens (including phenoxy) is 1. The molecular formula is C16H9Cl4NO2S. The van der Waals surface area contributed by atoms with Crippen molar-refractivity contribution in [3.8, 4) is 5.75 Å². The highest BCUT2D eigenvalue weighted by molar-refractivity contribution is 7.21. The van der Waals surface area contributed by atoms with Crippen LogP contribution in [0, 0.1) is 0 Å². The number of methoxy groups -OCH3 is 1. The number of nitrogens with one attached hydrogen (secondary N) is 1. The summed E-state index contributed by atoms with van der Waals surface area (Å²) in [4.78, 5) is 12.9. The molecule has 0 fully saturated rings. The fourth-order valence-corrected chi connectivity index (χ4v) is 4.45. The van der Waals surface area contributed by atoms with Gasteiger partial charge in [0.1, 0.15) is 10.6 Å². The molecule has 0 unspecified atom stereocenters. The number of rotatable bonds is 3. The van der Waals surface area contributed by atoms with Gasteiger partial charge in [-0.1, -0.05) is 46.4 Å². The average molecular weight is 421 g/mol. The van der Waals surface area contributed by atoms with Gasteiger partial charge in [-0.2, -0.15) is 0 Å². The van der Waals surface area contributed by atoms with Gasteiger partial charge in [0, 0.05) is 15.1 Å². The zero-order valence-corrected chi connectivity index (χ0v) is 16.0. The van der Waals surface area contributed by atoms with Crippen molar-refractivity contribution in [3.05, 3.63) is 55.3 Å². The number of hydrogen-bond acceptors (Lipinski definition) is 3. The molecule has 24 heavy (non-hydrogen) atoms. The van der Waals surface area contributed by atoms with Crippen molar-refractivity contribution in [2.24, 2.45) is 0 Å². The molecule has 0 aliphatic carbocycles. The summed E-state index contributed by atoms with van der Waals surface area (Å²) in [6.45, 7) is 0. The van der Waals surface area contributed by atoms with Gasteiger partial charge in [0.15, 0.2) is 0 Å². The standard InChI is InChI=1S/C16H9Cl4NO2S/c1-23-8-2-3-12-9(6-8)13(20)15(24-12)16(22)21-14-10(18)4-7(17)5-11(14)19/h2-6H,1H3,(H,21,22). The number of carbonyl (C=O) groups is 1. The summed E-state index contributed by atoms with van der Waals surface area (Å²) in [6.07, 6.45) is 0. The Labute approximate surface area is 162 Å². The largest absolute Gasteiger partial charge is 0.497 e. The van der Waals surface area contributed by atoms with Crippen LogP contribution in [0.15, 0.2) is 30.3 Å². The minimum Gasteiger partial charge on any atom is -0.497 e. The van der Waals surface area contributed by atoms with Gasteiger partial charge in [0.05, 0.1) is 27.9 Å². The predicted molar refractivity (Wildman–Crippen MR) is 103 cm³/mol. The minimum absolute atomic E-state index is 0.250. The monoisotopic (exact) mass is 419 g/mol. The molecule has 0 aliphatic heterocycles. The topological polar surface area (TPSA) is 38.3 Å². The normalized spacial score (nSPS) is 10.9. The van der Waals surface area contributed by atoms with E-state index in [0.717, 1.165) is 10.1 Å². The van der Waals surface area contributed by atoms with Crippen LogP contribution >= 0.6 is 57.7 Å². The fourth-order valence-electron chi connectivity index (χ4n) is 2.15. The Balaban J connectivity index is 1.99. The molecular weight excluding hydrogens is 412 g/mol. The number of carbonyl (C=O) groups excluding carboxylic acids is 1. The Morgan fingerprint density at radius 3 is 2.38 bits per heavy atom. The van der Waals surface area contributed by atoms with Gasteiger partial charge in [-0.05, 0) is 30.3 Å². The molecule has 1 aromatic heterocycles. The maximum atomic E-state index is 12.6. The van der Waals surface area contributed by atoms with Crippen molar-refractivity contribution >= 4 is 79.4 Å². The summed E-state index contributed by atoms with van der Waals surface area (Å²) in [5.74, 6) is 0.268. The first-order valence-corrected chi connectivity index (χ1v) is 8.95. The molecule has 3 nitrogen and oxygen atoms in total. The summed E-state index contributed by atoms with van der Waals surface area (Å²) in [5, 5.41) is 4.67. The second-order valence-corrected chi connectivity index (χ2v) is 7.49. The molecule has 0 radical (unpaired) electrons. The Bertz CT molecular complexity index is 932. The molecule has 1 heterocycles. The van der Waals surface area contributed by atoms with Crippen molar-refractivity contribution in [2.45, 2.75) is 0 Å². The smallest absolute Gasteiger partial charge is 0.267 e. The van der Waals surface area contributed by atoms with E-state index >= 15 is 0 Å². The SMILES string of the molecule is COc1ccc2sc(C(=O)Nc3c(Cl)cc(Cl)cc3Cl)c(Cl)c2c1. The minimum atomic E-state index is -0.397. The highest BCUT2D eigenvalue weighted by Crippen LogP contribution is 2.39. The molecule has 0 saturated heterocycles. The number of thiophene rings is 1. The lowest BCUT2D eigenvalue weighted by molar-refractivity contribution is 0.103. The molecule has 2 aromatic carbocycles. The fraction of sp³-hybridized carbons (Fsp3) is 0.0625. The highest BCUT2D eigenvalue weighted by atomic mass is 35.5. The molecule has 124 valence electrons. The molecule has 1 N–H and O–H groups in total. The molecule has 0 bridgehead atoms. The van der Waals surface area contributed by atoms with Crippen molar-refractivity contribution in [1.82, 2.24) is 0 Å². The first kappa shape index (κ1) is 17.6. The second kappa shape index (κ2) is 6.98. The van der Waals surface area contributed by atoms with Crippen LogP contribution in [0.5, 0.6) is 5.75 Å². The van der Waals surface area contributed by atoms with E-state index in [9.17, 15) is 4.79 Å². The zero-order valence-electron chi connectivity index (χ0n) is 12.1. The van der Waals surface area contributed by atoms with E-state index < -0.39 is 5.91 Å². The molecule has 0 atom stereocenters. The number of anilines is 1. The summed E-state index contributed by atoms with van der Waals surface area (Å²) < 4.78 is 6.06. The third kappa shape index (κ3) is 3.30. The number of hydrogen-bond donors (Lipinski definition) is 1. The predicted octanol–water partition coefficient (Wildman–Crippen LogP) is 6.78. The molecule has 0 spiro atoms. The summed E-state index contributed by atoms with van der Waals surface area (Å²) in [6, 6.07) is 8.45. The van der Waals surface area contributed by atoms with E-state index in [-0.39, 0.29) is 10.0 Å². The lowest BCUT2D eigenvalue weighted by Crippen LogP contribution is -2.11. The van der Waals surface area contributed by atoms with E-state index in [1.54, 1.807) is 13.2 Å². The Morgan fingerprint density at radius 2 is 1.75 bits per heavy atom. The number of halogens is 4. The second-order valence-electron chi connectivity index (χ2n) is 4.81. The van der Waals surface area contributed by atoms with Gasteiger partial charge in [-0.3, -0.25) is 4.79 Å². The van der Waals surface area contributed by atoms with Crippen molar-refractivity contribution in [2.75, 3.05) is 12.4 Å². The third-order valence-electron chi connectivity index (χ3n) is 3.29. The van der Waals surface area contributed by atoms with Crippen molar-refractivity contribution in [3.63, 3.8) is 0 Å². The Kier molecular flexibility index (Phi) is 5.13. The summed E-state index contributed by atoms with van der Waals surface area (Å²) in [7, 11) is 1.57. The number of fused-ring (bicyclic) bond motifs is 1. The highest BCUT2D eigenvalue weighted by Gasteiger charge is 2.20. The van der Waals surface area contributed by atoms with Crippen LogP contribution < -0.4 is 10.1 Å². The van der Waals surface area contributed by atoms with Gasteiger partial charge in [-0.25, -0.2) is 0 Å². The zero-order chi connectivity index (χ0) is 17.4. The van der Waals surface area contributed by atoms with Crippen LogP contribution in [0.2, 0.25) is 20.1 Å². The maximum Gasteiger partial charge on any atom is 0.267 e. The average Bonchev–Trinajstić information content (AvgIpc) is 2.87. The van der Waals surface area contributed by atoms with E-state index in [0.29, 0.717) is 26.4 Å². The Morgan fingerprint density at radius 1 is 1.08 bits per heavy atom. The van der Waals surface area contributed by atoms with Gasteiger partial charge in [0.25, 0.3) is 5.91 Å². The lowest BCUT2D eigenvalue weighted by atomic mass is 10.2. The van der Waals surface area contributed by atoms with Gasteiger partial charge < -0.3 is 10.1 Å². The van der Waals surface area contributed by atoms with E-state index in [1.807, 2.05) is 12.1 Å². The van der Waals surface area contributed by atoms with E-state index in [2.05, 4.69) is 5.32 Å². The van der Waals surface area contributed by atoms with Crippen LogP contribution in [0.3, 0.4) is 0 Å². The van der Waals surface area contributed by atoms with Gasteiger partial charge in [0.2, 0.25) is 0 Å². The molecule has 8 heteroatoms. The van der Waals surface area contributed by atoms with E-state index in [1.165, 1.54) is 23.5 Å². The van der Waals surface area contributed by atoms with Gasteiger partial charge >= 0.3 is 0 Å². The van der Waals surface area contributed by atoms with Crippen LogP contribution in [0.1, 0.15) is 9.67 Å². The van der Waals surface area contributed by atoms with Crippen LogP contribution in [-0.2, 0) is 0 Å². The van der Waals surface area contributed by atoms with Crippen LogP contribution in [0.4, 0.5) is 5.69 Å². The maximum absolute atomic E-state index is 12.6. The van der Waals surface area contributed by atoms with Crippen LogP contribution in [-0.4, -0.2) is 13.0 Å². The molecule has 3 aromatic rings. The first-order chi connectivity index (χ1) is 11.4. The van der Waals surface area contributed by atoms with Crippen molar-refractivity contribution < 1.29 is 9.53 Å². The third-order valence-corrected chi connectivity index (χ3v) is 5.77. The Hall–Kier alpha value is -1.17. The molecule has 3 rings (SSSR count). The quantitative estimate of drug-likeness (QED) is 0.507. The molecule has 0 saturated carbocycles. The van der Waals surface area contributed by atoms with Crippen molar-refractivity contribution in [1.29, 1.82) is 0 Å².